The molecule has 106 valence electrons. The van der Waals surface area contributed by atoms with Crippen molar-refractivity contribution in [1.29, 1.82) is 0 Å². The predicted octanol–water partition coefficient (Wildman–Crippen LogP) is 3.00. The number of hydrogen-bond donors (Lipinski definition) is 1. The molecule has 1 heterocycles. The van der Waals surface area contributed by atoms with E-state index in [1.54, 1.807) is 6.07 Å². The Hall–Kier alpha value is -0.200. The third-order valence-corrected chi connectivity index (χ3v) is 4.62. The van der Waals surface area contributed by atoms with Crippen LogP contribution in [0.4, 0.5) is 4.39 Å². The molecule has 6 heteroatoms. The van der Waals surface area contributed by atoms with Crippen molar-refractivity contribution in [3.8, 4) is 0 Å². The summed E-state index contributed by atoms with van der Waals surface area (Å²) in [6, 6.07) is 3.16. The lowest BCUT2D eigenvalue weighted by atomic mass is 10.0. The third-order valence-electron chi connectivity index (χ3n) is 3.36. The number of aliphatic hydroxyl groups excluding tert-OH is 1. The molecule has 0 amide bonds. The first-order chi connectivity index (χ1) is 9.04. The summed E-state index contributed by atoms with van der Waals surface area (Å²) in [5, 5.41) is 10.3. The zero-order chi connectivity index (χ0) is 14.0. The number of ether oxygens (including phenoxy) is 1. The summed E-state index contributed by atoms with van der Waals surface area (Å²) in [5.41, 5.74) is 0.177. The molecule has 2 unspecified atom stereocenters. The van der Waals surface area contributed by atoms with E-state index in [1.807, 2.05) is 6.92 Å². The number of rotatable bonds is 3. The molecule has 2 atom stereocenters. The second-order valence-corrected chi connectivity index (χ2v) is 5.74. The van der Waals surface area contributed by atoms with Crippen LogP contribution in [0.5, 0.6) is 0 Å². The van der Waals surface area contributed by atoms with Crippen LogP contribution in [0, 0.1) is 5.82 Å². The van der Waals surface area contributed by atoms with Gasteiger partial charge in [0.2, 0.25) is 0 Å². The number of benzene rings is 1. The highest BCUT2D eigenvalue weighted by atomic mass is 79.9. The van der Waals surface area contributed by atoms with Gasteiger partial charge < -0.3 is 9.84 Å². The average Bonchev–Trinajstić information content (AvgIpc) is 2.44. The molecule has 0 radical (unpaired) electrons. The van der Waals surface area contributed by atoms with E-state index in [-0.39, 0.29) is 10.6 Å². The Morgan fingerprint density at radius 2 is 2.37 bits per heavy atom. The molecule has 0 saturated carbocycles. The normalized spacial score (nSPS) is 22.5. The minimum atomic E-state index is -1.01. The largest absolute Gasteiger partial charge is 0.386 e. The molecule has 19 heavy (non-hydrogen) atoms. The number of nitrogens with zero attached hydrogens (tertiary/aromatic N) is 1. The first-order valence-electron chi connectivity index (χ1n) is 6.20. The molecule has 1 saturated heterocycles. The highest BCUT2D eigenvalue weighted by Gasteiger charge is 2.29. The summed E-state index contributed by atoms with van der Waals surface area (Å²) in [6.45, 7) is 4.90. The highest BCUT2D eigenvalue weighted by Crippen LogP contribution is 2.32. The molecule has 0 aromatic heterocycles. The second-order valence-electron chi connectivity index (χ2n) is 4.51. The van der Waals surface area contributed by atoms with Gasteiger partial charge in [0, 0.05) is 23.1 Å². The van der Waals surface area contributed by atoms with E-state index in [0.717, 1.165) is 13.1 Å². The van der Waals surface area contributed by atoms with Crippen LogP contribution in [-0.2, 0) is 4.74 Å². The van der Waals surface area contributed by atoms with Gasteiger partial charge in [0.05, 0.1) is 11.6 Å². The molecule has 2 rings (SSSR count). The summed E-state index contributed by atoms with van der Waals surface area (Å²) in [5.74, 6) is -0.597. The van der Waals surface area contributed by atoms with Crippen LogP contribution in [0.1, 0.15) is 18.6 Å². The van der Waals surface area contributed by atoms with Gasteiger partial charge in [-0.15, -0.1) is 0 Å². The van der Waals surface area contributed by atoms with Crippen molar-refractivity contribution < 1.29 is 14.2 Å². The van der Waals surface area contributed by atoms with Crippen LogP contribution in [-0.4, -0.2) is 42.4 Å². The zero-order valence-corrected chi connectivity index (χ0v) is 12.9. The van der Waals surface area contributed by atoms with Gasteiger partial charge in [-0.25, -0.2) is 4.39 Å². The quantitative estimate of drug-likeness (QED) is 0.849. The molecule has 1 aliphatic rings. The molecule has 3 nitrogen and oxygen atoms in total. The molecule has 0 bridgehead atoms. The van der Waals surface area contributed by atoms with Crippen molar-refractivity contribution in [3.05, 3.63) is 33.0 Å². The van der Waals surface area contributed by atoms with Crippen molar-refractivity contribution in [2.75, 3.05) is 26.2 Å². The van der Waals surface area contributed by atoms with Gasteiger partial charge in [-0.1, -0.05) is 24.6 Å². The zero-order valence-electron chi connectivity index (χ0n) is 10.6. The molecular weight excluding hydrogens is 337 g/mol. The fraction of sp³-hybridized carbons (Fsp3) is 0.538. The van der Waals surface area contributed by atoms with E-state index in [9.17, 15) is 9.50 Å². The first-order valence-corrected chi connectivity index (χ1v) is 7.37. The van der Waals surface area contributed by atoms with E-state index in [4.69, 9.17) is 16.3 Å². The summed E-state index contributed by atoms with van der Waals surface area (Å²) in [7, 11) is 0. The molecular formula is C13H16BrClFNO2. The second kappa shape index (κ2) is 6.50. The monoisotopic (exact) mass is 351 g/mol. The summed E-state index contributed by atoms with van der Waals surface area (Å²) in [6.07, 6.45) is -1.44. The Bertz CT molecular complexity index is 461. The topological polar surface area (TPSA) is 32.7 Å². The van der Waals surface area contributed by atoms with Gasteiger partial charge in [-0.2, -0.15) is 0 Å². The SMILES string of the molecule is CCN1CCOC(C(O)c2ccc(Br)c(Cl)c2F)C1. The maximum atomic E-state index is 14.1. The van der Waals surface area contributed by atoms with Crippen molar-refractivity contribution >= 4 is 27.5 Å². The minimum absolute atomic E-state index is 0.0142. The van der Waals surface area contributed by atoms with Gasteiger partial charge >= 0.3 is 0 Å². The van der Waals surface area contributed by atoms with Crippen LogP contribution in [0.15, 0.2) is 16.6 Å². The van der Waals surface area contributed by atoms with Crippen molar-refractivity contribution in [2.24, 2.45) is 0 Å². The van der Waals surface area contributed by atoms with E-state index >= 15 is 0 Å². The lowest BCUT2D eigenvalue weighted by Gasteiger charge is -2.34. The van der Waals surface area contributed by atoms with Crippen LogP contribution in [0.2, 0.25) is 5.02 Å². The van der Waals surface area contributed by atoms with Gasteiger partial charge in [0.1, 0.15) is 18.0 Å². The lowest BCUT2D eigenvalue weighted by molar-refractivity contribution is -0.0897. The molecule has 1 N–H and O–H groups in total. The van der Waals surface area contributed by atoms with E-state index in [1.165, 1.54) is 6.07 Å². The average molecular weight is 353 g/mol. The lowest BCUT2D eigenvalue weighted by Crippen LogP contribution is -2.45. The fourth-order valence-electron chi connectivity index (χ4n) is 2.18. The molecule has 1 aliphatic heterocycles. The van der Waals surface area contributed by atoms with Gasteiger partial charge in [0.15, 0.2) is 0 Å². The number of halogens is 3. The molecule has 0 aliphatic carbocycles. The van der Waals surface area contributed by atoms with Gasteiger partial charge in [-0.3, -0.25) is 4.90 Å². The number of morpholine rings is 1. The van der Waals surface area contributed by atoms with Crippen LogP contribution < -0.4 is 0 Å². The Labute approximate surface area is 125 Å². The van der Waals surface area contributed by atoms with E-state index in [0.29, 0.717) is 17.6 Å². The molecule has 0 spiro atoms. The fourth-order valence-corrected chi connectivity index (χ4v) is 2.66. The minimum Gasteiger partial charge on any atom is -0.386 e. The molecule has 1 fully saturated rings. The van der Waals surface area contributed by atoms with Crippen molar-refractivity contribution in [1.82, 2.24) is 4.90 Å². The Balaban J connectivity index is 2.19. The first kappa shape index (κ1) is 15.2. The number of hydrogen-bond acceptors (Lipinski definition) is 3. The summed E-state index contributed by atoms with van der Waals surface area (Å²) >= 11 is 8.99. The predicted molar refractivity (Wildman–Crippen MR) is 75.9 cm³/mol. The summed E-state index contributed by atoms with van der Waals surface area (Å²) in [4.78, 5) is 2.16. The standard InChI is InChI=1S/C13H16BrClFNO2/c1-2-17-5-6-19-10(7-17)13(18)8-3-4-9(14)11(15)12(8)16/h3-4,10,13,18H,2,5-7H2,1H3. The van der Waals surface area contributed by atoms with Crippen LogP contribution in [0.25, 0.3) is 0 Å². The molecule has 1 aromatic rings. The Morgan fingerprint density at radius 3 is 3.05 bits per heavy atom. The summed E-state index contributed by atoms with van der Waals surface area (Å²) < 4.78 is 20.1. The third kappa shape index (κ3) is 3.28. The highest BCUT2D eigenvalue weighted by molar-refractivity contribution is 9.10. The van der Waals surface area contributed by atoms with Crippen LogP contribution in [0.3, 0.4) is 0 Å². The van der Waals surface area contributed by atoms with Crippen LogP contribution >= 0.6 is 27.5 Å². The maximum absolute atomic E-state index is 14.1. The number of likely N-dealkylation sites (N-methyl/N-ethyl adjacent to an activating group) is 1. The smallest absolute Gasteiger partial charge is 0.148 e. The van der Waals surface area contributed by atoms with Gasteiger partial charge in [0.25, 0.3) is 0 Å². The number of aliphatic hydroxyl groups is 1. The maximum Gasteiger partial charge on any atom is 0.148 e. The Morgan fingerprint density at radius 1 is 1.63 bits per heavy atom. The van der Waals surface area contributed by atoms with Crippen molar-refractivity contribution in [3.63, 3.8) is 0 Å². The van der Waals surface area contributed by atoms with Crippen molar-refractivity contribution in [2.45, 2.75) is 19.1 Å². The van der Waals surface area contributed by atoms with E-state index < -0.39 is 18.0 Å². The Kier molecular flexibility index (Phi) is 5.20. The molecule has 1 aromatic carbocycles. The van der Waals surface area contributed by atoms with Gasteiger partial charge in [-0.05, 0) is 28.5 Å². The van der Waals surface area contributed by atoms with E-state index in [2.05, 4.69) is 20.8 Å².